The Morgan fingerprint density at radius 2 is 1.32 bits per heavy atom. The number of hydrogen-bond donors (Lipinski definition) is 0. The van der Waals surface area contributed by atoms with Gasteiger partial charge in [0.05, 0.1) is 6.54 Å². The van der Waals surface area contributed by atoms with Crippen LogP contribution in [-0.4, -0.2) is 102 Å². The Kier molecular flexibility index (Phi) is 7.43. The Labute approximate surface area is 225 Å². The molecule has 3 aliphatic rings. The van der Waals surface area contributed by atoms with Crippen LogP contribution in [0.5, 0.6) is 5.75 Å². The second kappa shape index (κ2) is 10.8. The molecule has 2 aromatic rings. The summed E-state index contributed by atoms with van der Waals surface area (Å²) in [5.41, 5.74) is 1.01. The molecule has 38 heavy (non-hydrogen) atoms. The van der Waals surface area contributed by atoms with Crippen molar-refractivity contribution < 1.29 is 19.1 Å². The Hall–Kier alpha value is -3.39. The van der Waals surface area contributed by atoms with Crippen molar-refractivity contribution in [1.29, 1.82) is 0 Å². The number of nitrogens with zero attached hydrogens (tertiary/aromatic N) is 4. The molecule has 0 aliphatic carbocycles. The second-order valence-corrected chi connectivity index (χ2v) is 11.6. The number of hydrogen-bond acceptors (Lipinski definition) is 5. The van der Waals surface area contributed by atoms with Crippen LogP contribution >= 0.6 is 0 Å². The number of carbonyl (C=O) groups excluding carboxylic acids is 3. The molecule has 3 amide bonds. The fraction of sp³-hybridized carbons (Fsp3) is 0.500. The first-order valence-corrected chi connectivity index (χ1v) is 13.6. The van der Waals surface area contributed by atoms with Crippen molar-refractivity contribution in [2.75, 3.05) is 52.4 Å². The smallest absolute Gasteiger partial charge is 0.253 e. The van der Waals surface area contributed by atoms with Crippen molar-refractivity contribution in [3.05, 3.63) is 65.7 Å². The van der Waals surface area contributed by atoms with Gasteiger partial charge in [-0.2, -0.15) is 0 Å². The Morgan fingerprint density at radius 1 is 0.711 bits per heavy atom. The van der Waals surface area contributed by atoms with Gasteiger partial charge >= 0.3 is 0 Å². The molecule has 8 nitrogen and oxygen atoms in total. The number of amides is 3. The van der Waals surface area contributed by atoms with Gasteiger partial charge in [-0.05, 0) is 36.4 Å². The lowest BCUT2D eigenvalue weighted by molar-refractivity contribution is -0.138. The summed E-state index contributed by atoms with van der Waals surface area (Å²) in [6.07, 6.45) is 0.786. The van der Waals surface area contributed by atoms with E-state index in [0.717, 1.165) is 30.8 Å². The highest BCUT2D eigenvalue weighted by molar-refractivity contribution is 5.95. The molecule has 0 spiro atoms. The Bertz CT molecular complexity index is 1150. The van der Waals surface area contributed by atoms with Gasteiger partial charge in [0.1, 0.15) is 11.9 Å². The quantitative estimate of drug-likeness (QED) is 0.609. The summed E-state index contributed by atoms with van der Waals surface area (Å²) in [5, 5.41) is 0. The van der Waals surface area contributed by atoms with Crippen LogP contribution in [0.25, 0.3) is 0 Å². The van der Waals surface area contributed by atoms with Crippen molar-refractivity contribution in [1.82, 2.24) is 19.6 Å². The van der Waals surface area contributed by atoms with Gasteiger partial charge in [-0.15, -0.1) is 0 Å². The van der Waals surface area contributed by atoms with Crippen molar-refractivity contribution in [3.8, 4) is 5.75 Å². The van der Waals surface area contributed by atoms with Crippen LogP contribution in [0.1, 0.15) is 47.9 Å². The molecule has 0 saturated carbocycles. The van der Waals surface area contributed by atoms with Crippen LogP contribution in [0, 0.1) is 5.41 Å². The first-order valence-electron chi connectivity index (χ1n) is 13.6. The van der Waals surface area contributed by atoms with E-state index in [1.807, 2.05) is 90.1 Å². The summed E-state index contributed by atoms with van der Waals surface area (Å²) < 4.78 is 6.10. The van der Waals surface area contributed by atoms with Crippen molar-refractivity contribution in [2.24, 2.45) is 5.41 Å². The summed E-state index contributed by atoms with van der Waals surface area (Å²) in [5.74, 6) is 1.00. The number of benzene rings is 2. The standard InChI is InChI=1S/C30H38N4O4/c1-30(2,3)29(37)33-14-13-26(21-33)38-25-11-9-23(10-12-25)28(36)34-19-24(20-34)31-15-17-32(18-16-31)27(35)22-7-5-4-6-8-22/h4-12,24,26H,13-21H2,1-3H3/t26-/m1/s1. The number of ether oxygens (including phenoxy) is 1. The van der Waals surface area contributed by atoms with E-state index in [0.29, 0.717) is 50.9 Å². The molecule has 1 atom stereocenters. The highest BCUT2D eigenvalue weighted by atomic mass is 16.5. The maximum atomic E-state index is 13.0. The molecule has 3 saturated heterocycles. The van der Waals surface area contributed by atoms with Crippen LogP contribution in [0.3, 0.4) is 0 Å². The van der Waals surface area contributed by atoms with E-state index in [1.54, 1.807) is 0 Å². The van der Waals surface area contributed by atoms with Gasteiger partial charge in [-0.3, -0.25) is 19.3 Å². The summed E-state index contributed by atoms with van der Waals surface area (Å²) in [4.78, 5) is 46.3. The lowest BCUT2D eigenvalue weighted by Crippen LogP contribution is -2.64. The maximum Gasteiger partial charge on any atom is 0.253 e. The van der Waals surface area contributed by atoms with E-state index in [1.165, 1.54) is 0 Å². The summed E-state index contributed by atoms with van der Waals surface area (Å²) >= 11 is 0. The fourth-order valence-corrected chi connectivity index (χ4v) is 5.44. The SMILES string of the molecule is CC(C)(C)C(=O)N1CC[C@@H](Oc2ccc(C(=O)N3CC(N4CCN(C(=O)c5ccccc5)CC4)C3)cc2)C1. The third-order valence-corrected chi connectivity index (χ3v) is 7.77. The molecule has 0 aromatic heterocycles. The zero-order valence-corrected chi connectivity index (χ0v) is 22.6. The minimum Gasteiger partial charge on any atom is -0.489 e. The predicted octanol–water partition coefficient (Wildman–Crippen LogP) is 2.99. The van der Waals surface area contributed by atoms with Crippen molar-refractivity contribution >= 4 is 17.7 Å². The predicted molar refractivity (Wildman–Crippen MR) is 145 cm³/mol. The molecular weight excluding hydrogens is 480 g/mol. The van der Waals surface area contributed by atoms with Crippen molar-refractivity contribution in [3.63, 3.8) is 0 Å². The van der Waals surface area contributed by atoms with Gasteiger partial charge in [0.15, 0.2) is 0 Å². The number of carbonyl (C=O) groups is 3. The van der Waals surface area contributed by atoms with Gasteiger partial charge in [0.25, 0.3) is 11.8 Å². The van der Waals surface area contributed by atoms with Crippen LogP contribution in [0.2, 0.25) is 0 Å². The van der Waals surface area contributed by atoms with Crippen LogP contribution in [0.4, 0.5) is 0 Å². The van der Waals surface area contributed by atoms with Crippen LogP contribution < -0.4 is 4.74 Å². The number of rotatable bonds is 5. The molecule has 202 valence electrons. The Balaban J connectivity index is 1.05. The lowest BCUT2D eigenvalue weighted by Gasteiger charge is -2.48. The number of piperazine rings is 1. The molecule has 0 N–H and O–H groups in total. The molecule has 2 aromatic carbocycles. The van der Waals surface area contributed by atoms with Gasteiger partial charge in [-0.1, -0.05) is 39.0 Å². The van der Waals surface area contributed by atoms with Crippen LogP contribution in [0.15, 0.2) is 54.6 Å². The number of likely N-dealkylation sites (tertiary alicyclic amines) is 2. The second-order valence-electron chi connectivity index (χ2n) is 11.6. The third kappa shape index (κ3) is 5.70. The van der Waals surface area contributed by atoms with E-state index in [9.17, 15) is 14.4 Å². The third-order valence-electron chi connectivity index (χ3n) is 7.77. The molecule has 0 unspecified atom stereocenters. The average molecular weight is 519 g/mol. The molecular formula is C30H38N4O4. The molecule has 0 radical (unpaired) electrons. The van der Waals surface area contributed by atoms with E-state index < -0.39 is 0 Å². The van der Waals surface area contributed by atoms with Crippen LogP contribution in [-0.2, 0) is 4.79 Å². The van der Waals surface area contributed by atoms with Crippen molar-refractivity contribution in [2.45, 2.75) is 39.3 Å². The molecule has 3 aliphatic heterocycles. The zero-order valence-electron chi connectivity index (χ0n) is 22.6. The van der Waals surface area contributed by atoms with Gasteiger partial charge in [-0.25, -0.2) is 0 Å². The van der Waals surface area contributed by atoms with E-state index in [-0.39, 0.29) is 29.2 Å². The zero-order chi connectivity index (χ0) is 26.9. The first kappa shape index (κ1) is 26.2. The minimum atomic E-state index is -0.386. The fourth-order valence-electron chi connectivity index (χ4n) is 5.44. The van der Waals surface area contributed by atoms with E-state index >= 15 is 0 Å². The summed E-state index contributed by atoms with van der Waals surface area (Å²) in [7, 11) is 0. The molecule has 8 heteroatoms. The first-order chi connectivity index (χ1) is 18.2. The minimum absolute atomic E-state index is 0.0255. The van der Waals surface area contributed by atoms with E-state index in [2.05, 4.69) is 4.90 Å². The molecule has 3 fully saturated rings. The summed E-state index contributed by atoms with van der Waals surface area (Å²) in [6.45, 7) is 11.6. The van der Waals surface area contributed by atoms with Gasteiger partial charge in [0, 0.05) is 74.8 Å². The average Bonchev–Trinajstić information content (AvgIpc) is 3.36. The lowest BCUT2D eigenvalue weighted by atomic mass is 9.95. The Morgan fingerprint density at radius 3 is 1.95 bits per heavy atom. The highest BCUT2D eigenvalue weighted by Crippen LogP contribution is 2.25. The molecule has 5 rings (SSSR count). The normalized spacial score (nSPS) is 20.8. The van der Waals surface area contributed by atoms with Gasteiger partial charge < -0.3 is 19.4 Å². The largest absolute Gasteiger partial charge is 0.489 e. The summed E-state index contributed by atoms with van der Waals surface area (Å²) in [6, 6.07) is 17.1. The topological polar surface area (TPSA) is 73.4 Å². The maximum absolute atomic E-state index is 13.0. The van der Waals surface area contributed by atoms with E-state index in [4.69, 9.17) is 4.74 Å². The molecule has 3 heterocycles. The highest BCUT2D eigenvalue weighted by Gasteiger charge is 2.37. The van der Waals surface area contributed by atoms with Gasteiger partial charge in [0.2, 0.25) is 5.91 Å². The monoisotopic (exact) mass is 518 g/mol. The molecule has 0 bridgehead atoms.